The molecule has 1 spiro atoms. The molecule has 7 rings (SSSR count). The molecule has 0 saturated carbocycles. The van der Waals surface area contributed by atoms with Crippen molar-refractivity contribution in [3.05, 3.63) is 94.9 Å². The smallest absolute Gasteiger partial charge is 0.339 e. The first-order chi connectivity index (χ1) is 21.1. The summed E-state index contributed by atoms with van der Waals surface area (Å²) in [4.78, 5) is 35.0. The Balaban J connectivity index is 1.24. The van der Waals surface area contributed by atoms with Crippen molar-refractivity contribution >= 4 is 17.5 Å². The number of aryl methyl sites for hydroxylation is 1. The summed E-state index contributed by atoms with van der Waals surface area (Å²) in [6, 6.07) is 12.0. The number of alkyl halides is 3. The van der Waals surface area contributed by atoms with Crippen LogP contribution in [-0.4, -0.2) is 56.8 Å². The molecule has 4 aromatic rings. The van der Waals surface area contributed by atoms with Crippen LogP contribution in [-0.2, 0) is 23.8 Å². The first-order valence-corrected chi connectivity index (χ1v) is 14.1. The summed E-state index contributed by atoms with van der Waals surface area (Å²) in [5.41, 5.74) is 0.738. The van der Waals surface area contributed by atoms with Gasteiger partial charge in [-0.2, -0.15) is 18.3 Å². The van der Waals surface area contributed by atoms with Crippen molar-refractivity contribution in [2.45, 2.75) is 37.4 Å². The lowest BCUT2D eigenvalue weighted by Crippen LogP contribution is -2.57. The molecule has 3 aliphatic rings. The number of fused-ring (bicyclic) bond motifs is 3. The molecule has 2 fully saturated rings. The van der Waals surface area contributed by atoms with E-state index >= 15 is 0 Å². The number of benzene rings is 2. The highest BCUT2D eigenvalue weighted by molar-refractivity contribution is 5.97. The highest BCUT2D eigenvalue weighted by Crippen LogP contribution is 2.40. The van der Waals surface area contributed by atoms with Crippen molar-refractivity contribution in [3.8, 4) is 16.9 Å². The first kappa shape index (κ1) is 28.0. The van der Waals surface area contributed by atoms with Crippen molar-refractivity contribution < 1.29 is 31.5 Å². The van der Waals surface area contributed by atoms with Gasteiger partial charge in [0.1, 0.15) is 17.2 Å². The normalized spacial score (nSPS) is 17.4. The van der Waals surface area contributed by atoms with E-state index < -0.39 is 34.8 Å². The van der Waals surface area contributed by atoms with Crippen LogP contribution in [0.25, 0.3) is 16.9 Å². The van der Waals surface area contributed by atoms with Gasteiger partial charge >= 0.3 is 6.18 Å². The Labute approximate surface area is 248 Å². The predicted octanol–water partition coefficient (Wildman–Crippen LogP) is 4.90. The lowest BCUT2D eigenvalue weighted by atomic mass is 9.85. The standard InChI is InChI=1S/C31H25F5N6O2/c32-18-3-5-19(6-4-18)41-17-38-29(44)30(41)11-14-40(15-12-30)28(43)26-22-8-10-25-21(2-1-13-37-25)27(22)42(39-26)20-7-9-24(33)23(16-20)31(34,35)36/h1-7,9,13,16H,8,10-12,14-15,17H2,(H,38,44). The monoisotopic (exact) mass is 608 g/mol. The van der Waals surface area contributed by atoms with Crippen LogP contribution in [0.2, 0.25) is 0 Å². The number of piperidine rings is 1. The Morgan fingerprint density at radius 2 is 1.68 bits per heavy atom. The number of pyridine rings is 1. The molecule has 4 heterocycles. The zero-order valence-corrected chi connectivity index (χ0v) is 23.2. The highest BCUT2D eigenvalue weighted by atomic mass is 19.4. The largest absolute Gasteiger partial charge is 0.419 e. The van der Waals surface area contributed by atoms with Gasteiger partial charge in [0.05, 0.1) is 29.3 Å². The van der Waals surface area contributed by atoms with Gasteiger partial charge in [-0.1, -0.05) is 0 Å². The van der Waals surface area contributed by atoms with Crippen LogP contribution in [0.3, 0.4) is 0 Å². The van der Waals surface area contributed by atoms with Gasteiger partial charge in [0.25, 0.3) is 5.91 Å². The number of likely N-dealkylation sites (tertiary alicyclic amines) is 1. The molecule has 2 aliphatic heterocycles. The fraction of sp³-hybridized carbons (Fsp3) is 0.290. The molecule has 2 amide bonds. The summed E-state index contributed by atoms with van der Waals surface area (Å²) in [7, 11) is 0. The third-order valence-electron chi connectivity index (χ3n) is 8.80. The fourth-order valence-electron chi connectivity index (χ4n) is 6.56. The van der Waals surface area contributed by atoms with E-state index in [0.717, 1.165) is 6.07 Å². The number of rotatable bonds is 3. The minimum Gasteiger partial charge on any atom is -0.339 e. The van der Waals surface area contributed by atoms with Gasteiger partial charge in [0, 0.05) is 36.1 Å². The van der Waals surface area contributed by atoms with Gasteiger partial charge in [-0.05, 0) is 80.3 Å². The van der Waals surface area contributed by atoms with Crippen molar-refractivity contribution in [3.63, 3.8) is 0 Å². The molecule has 2 aromatic carbocycles. The van der Waals surface area contributed by atoms with Crippen molar-refractivity contribution in [2.75, 3.05) is 24.7 Å². The lowest BCUT2D eigenvalue weighted by molar-refractivity contribution is -0.140. The van der Waals surface area contributed by atoms with E-state index in [0.29, 0.717) is 60.0 Å². The number of anilines is 1. The summed E-state index contributed by atoms with van der Waals surface area (Å²) in [5.74, 6) is -2.38. The van der Waals surface area contributed by atoms with Crippen LogP contribution in [0, 0.1) is 11.6 Å². The molecule has 0 atom stereocenters. The summed E-state index contributed by atoms with van der Waals surface area (Å²) in [6.07, 6.45) is -1.80. The molecule has 226 valence electrons. The number of hydrogen-bond donors (Lipinski definition) is 1. The maximum absolute atomic E-state index is 14.2. The van der Waals surface area contributed by atoms with E-state index in [4.69, 9.17) is 0 Å². The maximum Gasteiger partial charge on any atom is 0.419 e. The van der Waals surface area contributed by atoms with Crippen molar-refractivity contribution in [2.24, 2.45) is 0 Å². The molecule has 1 aliphatic carbocycles. The van der Waals surface area contributed by atoms with Crippen LogP contribution >= 0.6 is 0 Å². The van der Waals surface area contributed by atoms with Crippen LogP contribution in [0.15, 0.2) is 60.8 Å². The molecule has 13 heteroatoms. The van der Waals surface area contributed by atoms with Crippen molar-refractivity contribution in [1.82, 2.24) is 25.0 Å². The Morgan fingerprint density at radius 3 is 2.41 bits per heavy atom. The second-order valence-corrected chi connectivity index (χ2v) is 11.1. The van der Waals surface area contributed by atoms with Gasteiger partial charge in [0.15, 0.2) is 5.69 Å². The second-order valence-electron chi connectivity index (χ2n) is 11.1. The van der Waals surface area contributed by atoms with E-state index in [1.807, 2.05) is 4.90 Å². The van der Waals surface area contributed by atoms with Gasteiger partial charge < -0.3 is 15.1 Å². The maximum atomic E-state index is 14.2. The number of carbonyl (C=O) groups is 2. The van der Waals surface area contributed by atoms with E-state index in [9.17, 15) is 31.5 Å². The molecule has 0 bridgehead atoms. The van der Waals surface area contributed by atoms with Crippen LogP contribution in [0.1, 0.15) is 40.2 Å². The number of carbonyl (C=O) groups excluding carboxylic acids is 2. The quantitative estimate of drug-likeness (QED) is 0.335. The van der Waals surface area contributed by atoms with Gasteiger partial charge in [-0.15, -0.1) is 0 Å². The van der Waals surface area contributed by atoms with E-state index in [1.165, 1.54) is 22.9 Å². The van der Waals surface area contributed by atoms with Crippen LogP contribution in [0.5, 0.6) is 0 Å². The topological polar surface area (TPSA) is 83.4 Å². The number of hydrogen-bond acceptors (Lipinski definition) is 5. The van der Waals surface area contributed by atoms with E-state index in [-0.39, 0.29) is 37.0 Å². The summed E-state index contributed by atoms with van der Waals surface area (Å²) >= 11 is 0. The Hall–Kier alpha value is -4.81. The Morgan fingerprint density at radius 1 is 0.955 bits per heavy atom. The molecule has 2 aromatic heterocycles. The summed E-state index contributed by atoms with van der Waals surface area (Å²) in [5, 5.41) is 7.42. The highest BCUT2D eigenvalue weighted by Gasteiger charge is 2.51. The minimum atomic E-state index is -4.93. The molecule has 2 saturated heterocycles. The zero-order chi connectivity index (χ0) is 30.8. The predicted molar refractivity (Wildman–Crippen MR) is 149 cm³/mol. The average Bonchev–Trinajstić information content (AvgIpc) is 3.55. The summed E-state index contributed by atoms with van der Waals surface area (Å²) < 4.78 is 69.9. The molecule has 0 unspecified atom stereocenters. The Kier molecular flexibility index (Phi) is 6.45. The molecule has 8 nitrogen and oxygen atoms in total. The number of aromatic nitrogens is 3. The van der Waals surface area contributed by atoms with Gasteiger partial charge in [-0.3, -0.25) is 14.6 Å². The number of halogens is 5. The fourth-order valence-corrected chi connectivity index (χ4v) is 6.56. The molecule has 44 heavy (non-hydrogen) atoms. The number of amides is 2. The van der Waals surface area contributed by atoms with E-state index in [1.54, 1.807) is 35.4 Å². The second kappa shape index (κ2) is 10.1. The molecule has 1 N–H and O–H groups in total. The summed E-state index contributed by atoms with van der Waals surface area (Å²) in [6.45, 7) is 0.693. The Bertz CT molecular complexity index is 1790. The third-order valence-corrected chi connectivity index (χ3v) is 8.80. The lowest BCUT2D eigenvalue weighted by Gasteiger charge is -2.43. The van der Waals surface area contributed by atoms with Gasteiger partial charge in [-0.25, -0.2) is 13.5 Å². The number of nitrogens with one attached hydrogen (secondary N) is 1. The van der Waals surface area contributed by atoms with Crippen molar-refractivity contribution in [1.29, 1.82) is 0 Å². The SMILES string of the molecule is O=C(c1nn(-c2ccc(F)c(C(F)(F)F)c2)c2c1CCc1ncccc1-2)N1CCC2(CC1)C(=O)NCN2c1ccc(F)cc1. The van der Waals surface area contributed by atoms with Crippen LogP contribution < -0.4 is 10.2 Å². The average molecular weight is 609 g/mol. The van der Waals surface area contributed by atoms with E-state index in [2.05, 4.69) is 15.4 Å². The minimum absolute atomic E-state index is 0.0408. The van der Waals surface area contributed by atoms with Gasteiger partial charge in [0.2, 0.25) is 5.91 Å². The first-order valence-electron chi connectivity index (χ1n) is 14.1. The molecule has 0 radical (unpaired) electrons. The zero-order valence-electron chi connectivity index (χ0n) is 23.2. The number of nitrogens with zero attached hydrogens (tertiary/aromatic N) is 5. The molecular formula is C31H25F5N6O2. The molecular weight excluding hydrogens is 583 g/mol. The van der Waals surface area contributed by atoms with Crippen LogP contribution in [0.4, 0.5) is 27.6 Å². The third kappa shape index (κ3) is 4.40.